The summed E-state index contributed by atoms with van der Waals surface area (Å²) in [4.78, 5) is 57.1. The largest absolute Gasteiger partial charge is 0.480 e. The van der Waals surface area contributed by atoms with Gasteiger partial charge >= 0.3 is 12.1 Å². The number of carboxylic acids is 1. The number of ether oxygens (including phenoxy) is 1. The van der Waals surface area contributed by atoms with E-state index in [-0.39, 0.29) is 6.61 Å². The Balaban J connectivity index is 2.36. The van der Waals surface area contributed by atoms with Crippen LogP contribution < -0.4 is 21.7 Å². The number of hydrogen-bond acceptors (Lipinski definition) is 6. The smallest absolute Gasteiger partial charge is 0.407 e. The minimum atomic E-state index is -1.50. The highest BCUT2D eigenvalue weighted by atomic mass is 16.5. The second-order valence-electron chi connectivity index (χ2n) is 5.77. The van der Waals surface area contributed by atoms with Crippen LogP contribution in [0.2, 0.25) is 0 Å². The molecule has 11 heteroatoms. The van der Waals surface area contributed by atoms with Gasteiger partial charge in [-0.25, -0.2) is 9.59 Å². The van der Waals surface area contributed by atoms with Gasteiger partial charge < -0.3 is 31.5 Å². The molecule has 0 saturated carbocycles. The van der Waals surface area contributed by atoms with Crippen LogP contribution in [0.15, 0.2) is 30.3 Å². The average Bonchev–Trinajstić information content (AvgIpc) is 2.64. The van der Waals surface area contributed by atoms with Gasteiger partial charge in [0, 0.05) is 0 Å². The van der Waals surface area contributed by atoms with Gasteiger partial charge in [-0.3, -0.25) is 14.4 Å². The van der Waals surface area contributed by atoms with Crippen LogP contribution in [0.3, 0.4) is 0 Å². The highest BCUT2D eigenvalue weighted by Gasteiger charge is 2.25. The number of aliphatic carboxylic acids is 1. The molecule has 11 nitrogen and oxygen atoms in total. The summed E-state index contributed by atoms with van der Waals surface area (Å²) in [5.41, 5.74) is 5.69. The van der Waals surface area contributed by atoms with Gasteiger partial charge in [-0.1, -0.05) is 30.3 Å². The number of carbonyl (C=O) groups excluding carboxylic acids is 4. The summed E-state index contributed by atoms with van der Waals surface area (Å²) in [6.07, 6.45) is -1.40. The Hall–Kier alpha value is -3.63. The summed E-state index contributed by atoms with van der Waals surface area (Å²) in [6, 6.07) is 6.31. The van der Waals surface area contributed by atoms with E-state index in [2.05, 4.69) is 16.0 Å². The van der Waals surface area contributed by atoms with Crippen molar-refractivity contribution in [3.63, 3.8) is 0 Å². The fraction of sp³-hybridized carbons (Fsp3) is 0.353. The lowest BCUT2D eigenvalue weighted by atomic mass is 10.2. The molecule has 0 aliphatic heterocycles. The van der Waals surface area contributed by atoms with Crippen LogP contribution in [0.4, 0.5) is 4.79 Å². The van der Waals surface area contributed by atoms with Gasteiger partial charge in [-0.15, -0.1) is 0 Å². The van der Waals surface area contributed by atoms with Gasteiger partial charge in [0.2, 0.25) is 17.7 Å². The van der Waals surface area contributed by atoms with Crippen molar-refractivity contribution >= 4 is 29.8 Å². The number of rotatable bonds is 10. The third-order valence-corrected chi connectivity index (χ3v) is 3.40. The molecule has 1 aromatic rings. The zero-order valence-electron chi connectivity index (χ0n) is 15.1. The summed E-state index contributed by atoms with van der Waals surface area (Å²) < 4.78 is 4.93. The Morgan fingerprint density at radius 3 is 2.32 bits per heavy atom. The fourth-order valence-corrected chi connectivity index (χ4v) is 1.98. The van der Waals surface area contributed by atoms with Crippen LogP contribution in [0.5, 0.6) is 0 Å². The van der Waals surface area contributed by atoms with E-state index in [4.69, 9.17) is 15.6 Å². The molecular formula is C17H22N4O7. The molecule has 1 rings (SSSR count). The summed E-state index contributed by atoms with van der Waals surface area (Å²) >= 11 is 0. The van der Waals surface area contributed by atoms with Crippen molar-refractivity contribution in [2.24, 2.45) is 5.73 Å². The van der Waals surface area contributed by atoms with Gasteiger partial charge in [-0.05, 0) is 12.5 Å². The van der Waals surface area contributed by atoms with E-state index >= 15 is 0 Å². The Bertz CT molecular complexity index is 723. The average molecular weight is 394 g/mol. The molecule has 0 radical (unpaired) electrons. The van der Waals surface area contributed by atoms with E-state index < -0.39 is 54.8 Å². The molecule has 0 spiro atoms. The lowest BCUT2D eigenvalue weighted by Crippen LogP contribution is -2.52. The van der Waals surface area contributed by atoms with Crippen molar-refractivity contribution < 1.29 is 33.8 Å². The zero-order chi connectivity index (χ0) is 21.1. The molecule has 4 amide bonds. The van der Waals surface area contributed by atoms with E-state index in [1.807, 2.05) is 6.07 Å². The standard InChI is InChI=1S/C17H22N4O7/c1-10(15(24)21-12(16(25)26)7-13(18)22)20-14(23)8-19-17(27)28-9-11-5-3-2-4-6-11/h2-6,10,12H,7-9H2,1H3,(H2,18,22)(H,19,27)(H,20,23)(H,21,24)(H,25,26)/t10?,12-/m0/s1. The SMILES string of the molecule is CC(NC(=O)CNC(=O)OCc1ccccc1)C(=O)N[C@@H](CC(N)=O)C(=O)O. The van der Waals surface area contributed by atoms with Crippen LogP contribution in [0, 0.1) is 0 Å². The van der Waals surface area contributed by atoms with E-state index in [0.717, 1.165) is 5.56 Å². The van der Waals surface area contributed by atoms with Gasteiger partial charge in [-0.2, -0.15) is 0 Å². The van der Waals surface area contributed by atoms with Gasteiger partial charge in [0.05, 0.1) is 6.42 Å². The van der Waals surface area contributed by atoms with Gasteiger partial charge in [0.1, 0.15) is 25.2 Å². The van der Waals surface area contributed by atoms with E-state index in [1.165, 1.54) is 6.92 Å². The van der Waals surface area contributed by atoms with E-state index in [0.29, 0.717) is 0 Å². The molecule has 28 heavy (non-hydrogen) atoms. The first-order valence-corrected chi connectivity index (χ1v) is 8.24. The van der Waals surface area contributed by atoms with Crippen LogP contribution >= 0.6 is 0 Å². The molecule has 0 aliphatic rings. The minimum Gasteiger partial charge on any atom is -0.480 e. The van der Waals surface area contributed by atoms with Crippen LogP contribution in [-0.2, 0) is 30.5 Å². The number of amides is 4. The first-order valence-electron chi connectivity index (χ1n) is 8.24. The van der Waals surface area contributed by atoms with Gasteiger partial charge in [0.15, 0.2) is 0 Å². The van der Waals surface area contributed by atoms with Crippen molar-refractivity contribution in [2.75, 3.05) is 6.54 Å². The number of hydrogen-bond donors (Lipinski definition) is 5. The number of alkyl carbamates (subject to hydrolysis) is 1. The van der Waals surface area contributed by atoms with Crippen LogP contribution in [0.1, 0.15) is 18.9 Å². The van der Waals surface area contributed by atoms with Gasteiger partial charge in [0.25, 0.3) is 0 Å². The van der Waals surface area contributed by atoms with Crippen molar-refractivity contribution in [3.05, 3.63) is 35.9 Å². The molecular weight excluding hydrogens is 372 g/mol. The quantitative estimate of drug-likeness (QED) is 0.333. The third-order valence-electron chi connectivity index (χ3n) is 3.40. The number of primary amides is 1. The predicted molar refractivity (Wildman–Crippen MR) is 95.6 cm³/mol. The molecule has 0 saturated heterocycles. The lowest BCUT2D eigenvalue weighted by molar-refractivity contribution is -0.143. The number of carbonyl (C=O) groups is 5. The topological polar surface area (TPSA) is 177 Å². The number of carboxylic acid groups (broad SMARTS) is 1. The zero-order valence-corrected chi connectivity index (χ0v) is 15.1. The lowest BCUT2D eigenvalue weighted by Gasteiger charge is -2.18. The fourth-order valence-electron chi connectivity index (χ4n) is 1.98. The first-order chi connectivity index (χ1) is 13.2. The molecule has 2 atom stereocenters. The van der Waals surface area contributed by atoms with Crippen molar-refractivity contribution in [1.29, 1.82) is 0 Å². The van der Waals surface area contributed by atoms with Crippen molar-refractivity contribution in [2.45, 2.75) is 32.0 Å². The normalized spacial score (nSPS) is 12.2. The maximum atomic E-state index is 11.9. The number of nitrogens with one attached hydrogen (secondary N) is 3. The highest BCUT2D eigenvalue weighted by Crippen LogP contribution is 2.00. The molecule has 0 aromatic heterocycles. The second kappa shape index (κ2) is 11.2. The minimum absolute atomic E-state index is 0.0313. The molecule has 6 N–H and O–H groups in total. The molecule has 1 aromatic carbocycles. The molecule has 1 unspecified atom stereocenters. The molecule has 0 bridgehead atoms. The second-order valence-corrected chi connectivity index (χ2v) is 5.77. The summed E-state index contributed by atoms with van der Waals surface area (Å²) in [5, 5.41) is 15.5. The maximum Gasteiger partial charge on any atom is 0.407 e. The number of nitrogens with two attached hydrogens (primary N) is 1. The molecule has 0 aliphatic carbocycles. The monoisotopic (exact) mass is 394 g/mol. The summed E-state index contributed by atoms with van der Waals surface area (Å²) in [7, 11) is 0. The summed E-state index contributed by atoms with van der Waals surface area (Å²) in [6.45, 7) is 0.891. The molecule has 0 fully saturated rings. The number of benzene rings is 1. The Kier molecular flexibility index (Phi) is 8.93. The van der Waals surface area contributed by atoms with Crippen molar-refractivity contribution in [1.82, 2.24) is 16.0 Å². The Morgan fingerprint density at radius 1 is 1.11 bits per heavy atom. The van der Waals surface area contributed by atoms with Crippen molar-refractivity contribution in [3.8, 4) is 0 Å². The predicted octanol–water partition coefficient (Wildman–Crippen LogP) is -1.14. The maximum absolute atomic E-state index is 11.9. The van der Waals surface area contributed by atoms with Crippen LogP contribution in [0.25, 0.3) is 0 Å². The Morgan fingerprint density at radius 2 is 1.75 bits per heavy atom. The summed E-state index contributed by atoms with van der Waals surface area (Å²) in [5.74, 6) is -3.86. The van der Waals surface area contributed by atoms with E-state index in [1.54, 1.807) is 24.3 Å². The first kappa shape index (κ1) is 22.4. The molecule has 152 valence electrons. The van der Waals surface area contributed by atoms with E-state index in [9.17, 15) is 24.0 Å². The van der Waals surface area contributed by atoms with Crippen LogP contribution in [-0.4, -0.2) is 53.5 Å². The molecule has 0 heterocycles. The highest BCUT2D eigenvalue weighted by molar-refractivity contribution is 5.92. The Labute approximate surface area is 160 Å². The third kappa shape index (κ3) is 8.65.